The van der Waals surface area contributed by atoms with Crippen molar-refractivity contribution >= 4 is 47.2 Å². The van der Waals surface area contributed by atoms with E-state index in [9.17, 15) is 20.1 Å². The van der Waals surface area contributed by atoms with Gasteiger partial charge in [-0.05, 0) is 12.1 Å². The number of benzene rings is 1. The van der Waals surface area contributed by atoms with E-state index in [2.05, 4.69) is 9.97 Å². The minimum absolute atomic E-state index is 0.113. The molecule has 3 aromatic rings. The average molecular weight is 268 g/mol. The van der Waals surface area contributed by atoms with Crippen LogP contribution in [0, 0.1) is 0 Å². The van der Waals surface area contributed by atoms with E-state index in [4.69, 9.17) is 0 Å². The molecular formula is C12H10B2N2O4. The van der Waals surface area contributed by atoms with Crippen molar-refractivity contribution in [1.82, 2.24) is 9.97 Å². The maximum atomic E-state index is 9.19. The van der Waals surface area contributed by atoms with Gasteiger partial charge in [0.25, 0.3) is 0 Å². The Labute approximate surface area is 114 Å². The van der Waals surface area contributed by atoms with Gasteiger partial charge in [0.05, 0.1) is 22.2 Å². The highest BCUT2D eigenvalue weighted by atomic mass is 16.4. The van der Waals surface area contributed by atoms with Crippen LogP contribution >= 0.6 is 0 Å². The minimum Gasteiger partial charge on any atom is -0.422 e. The first kappa shape index (κ1) is 13.0. The lowest BCUT2D eigenvalue weighted by Gasteiger charge is -2.06. The van der Waals surface area contributed by atoms with E-state index in [0.29, 0.717) is 11.0 Å². The number of hydrogen-bond acceptors (Lipinski definition) is 6. The van der Waals surface area contributed by atoms with Gasteiger partial charge in [0.2, 0.25) is 0 Å². The van der Waals surface area contributed by atoms with Gasteiger partial charge >= 0.3 is 14.2 Å². The van der Waals surface area contributed by atoms with Gasteiger partial charge in [-0.15, -0.1) is 0 Å². The number of pyridine rings is 2. The fourth-order valence-electron chi connectivity index (χ4n) is 2.09. The van der Waals surface area contributed by atoms with Crippen LogP contribution in [0.3, 0.4) is 0 Å². The predicted octanol–water partition coefficient (Wildman–Crippen LogP) is -1.86. The maximum absolute atomic E-state index is 9.19. The summed E-state index contributed by atoms with van der Waals surface area (Å²) in [5.74, 6) is 0. The Kier molecular flexibility index (Phi) is 3.15. The van der Waals surface area contributed by atoms with Crippen molar-refractivity contribution in [2.45, 2.75) is 0 Å². The van der Waals surface area contributed by atoms with Crippen molar-refractivity contribution in [3.8, 4) is 0 Å². The predicted molar refractivity (Wildman–Crippen MR) is 76.7 cm³/mol. The summed E-state index contributed by atoms with van der Waals surface area (Å²) in [6.07, 6.45) is 0. The Morgan fingerprint density at radius 3 is 1.30 bits per heavy atom. The van der Waals surface area contributed by atoms with Gasteiger partial charge in [0.15, 0.2) is 0 Å². The normalized spacial score (nSPS) is 11.0. The molecule has 0 saturated heterocycles. The molecule has 3 rings (SSSR count). The zero-order valence-electron chi connectivity index (χ0n) is 10.3. The van der Waals surface area contributed by atoms with E-state index >= 15 is 0 Å². The first-order chi connectivity index (χ1) is 9.56. The molecule has 0 amide bonds. The second kappa shape index (κ2) is 4.84. The summed E-state index contributed by atoms with van der Waals surface area (Å²) in [4.78, 5) is 8.36. The third-order valence-corrected chi connectivity index (χ3v) is 3.09. The fraction of sp³-hybridized carbons (Fsp3) is 0. The largest absolute Gasteiger partial charge is 0.508 e. The smallest absolute Gasteiger partial charge is 0.422 e. The van der Waals surface area contributed by atoms with E-state index in [0.717, 1.165) is 10.8 Å². The van der Waals surface area contributed by atoms with Crippen molar-refractivity contribution in [2.75, 3.05) is 0 Å². The van der Waals surface area contributed by atoms with Gasteiger partial charge in [-0.3, -0.25) is 9.97 Å². The Bertz CT molecular complexity index is 728. The zero-order chi connectivity index (χ0) is 14.3. The molecule has 6 nitrogen and oxygen atoms in total. The lowest BCUT2D eigenvalue weighted by atomic mass is 9.84. The van der Waals surface area contributed by atoms with Crippen LogP contribution in [-0.4, -0.2) is 44.3 Å². The third kappa shape index (κ3) is 2.14. The van der Waals surface area contributed by atoms with Crippen LogP contribution in [0.15, 0.2) is 36.4 Å². The summed E-state index contributed by atoms with van der Waals surface area (Å²) in [6.45, 7) is 0. The van der Waals surface area contributed by atoms with Crippen molar-refractivity contribution < 1.29 is 20.1 Å². The lowest BCUT2D eigenvalue weighted by molar-refractivity contribution is 0.423. The molecule has 4 N–H and O–H groups in total. The number of nitrogens with zero attached hydrogens (tertiary/aromatic N) is 2. The second-order valence-electron chi connectivity index (χ2n) is 4.43. The van der Waals surface area contributed by atoms with Gasteiger partial charge in [-0.1, -0.05) is 24.3 Å². The summed E-state index contributed by atoms with van der Waals surface area (Å²) in [5.41, 5.74) is 1.19. The van der Waals surface area contributed by atoms with Crippen molar-refractivity contribution in [2.24, 2.45) is 0 Å². The topological polar surface area (TPSA) is 107 Å². The molecule has 0 unspecified atom stereocenters. The van der Waals surface area contributed by atoms with Crippen LogP contribution in [0.5, 0.6) is 0 Å². The second-order valence-corrected chi connectivity index (χ2v) is 4.43. The first-order valence-electron chi connectivity index (χ1n) is 5.99. The summed E-state index contributed by atoms with van der Waals surface area (Å²) in [5, 5.41) is 38.3. The standard InChI is InChI=1S/C12H10B2N2O4/c17-13(18)9-5-3-7-1-2-8-4-6-10(14(19)20)16-12(8)11(7)15-9/h1-6,17-20H. The molecule has 0 bridgehead atoms. The van der Waals surface area contributed by atoms with E-state index in [1.807, 2.05) is 12.1 Å². The van der Waals surface area contributed by atoms with Gasteiger partial charge in [0.1, 0.15) is 0 Å². The monoisotopic (exact) mass is 268 g/mol. The Balaban J connectivity index is 2.36. The Morgan fingerprint density at radius 2 is 0.950 bits per heavy atom. The van der Waals surface area contributed by atoms with Crippen molar-refractivity contribution in [3.63, 3.8) is 0 Å². The van der Waals surface area contributed by atoms with E-state index in [1.165, 1.54) is 12.1 Å². The maximum Gasteiger partial charge on any atom is 0.508 e. The highest BCUT2D eigenvalue weighted by molar-refractivity contribution is 6.58. The first-order valence-corrected chi connectivity index (χ1v) is 5.99. The zero-order valence-corrected chi connectivity index (χ0v) is 10.3. The summed E-state index contributed by atoms with van der Waals surface area (Å²) in [7, 11) is -3.33. The third-order valence-electron chi connectivity index (χ3n) is 3.09. The molecule has 2 aromatic heterocycles. The molecule has 98 valence electrons. The van der Waals surface area contributed by atoms with Gasteiger partial charge in [-0.2, -0.15) is 0 Å². The van der Waals surface area contributed by atoms with Crippen LogP contribution in [0.2, 0.25) is 0 Å². The summed E-state index contributed by atoms with van der Waals surface area (Å²) < 4.78 is 0. The van der Waals surface area contributed by atoms with Crippen LogP contribution < -0.4 is 11.2 Å². The number of aromatic nitrogens is 2. The molecule has 0 aliphatic carbocycles. The van der Waals surface area contributed by atoms with Crippen molar-refractivity contribution in [1.29, 1.82) is 0 Å². The number of fused-ring (bicyclic) bond motifs is 3. The SMILES string of the molecule is OB(O)c1ccc2ccc3ccc(B(O)O)nc3c2n1. The molecule has 20 heavy (non-hydrogen) atoms. The molecule has 0 aliphatic rings. The van der Waals surface area contributed by atoms with Crippen molar-refractivity contribution in [3.05, 3.63) is 36.4 Å². The van der Waals surface area contributed by atoms with Gasteiger partial charge < -0.3 is 20.1 Å². The Hall–Kier alpha value is -1.99. The van der Waals surface area contributed by atoms with E-state index < -0.39 is 14.2 Å². The van der Waals surface area contributed by atoms with Crippen LogP contribution in [0.1, 0.15) is 0 Å². The summed E-state index contributed by atoms with van der Waals surface area (Å²) in [6, 6.07) is 10.1. The molecule has 0 saturated carbocycles. The minimum atomic E-state index is -1.67. The quantitative estimate of drug-likeness (QED) is 0.321. The molecule has 0 spiro atoms. The van der Waals surface area contributed by atoms with Crippen LogP contribution in [0.4, 0.5) is 0 Å². The van der Waals surface area contributed by atoms with E-state index in [1.54, 1.807) is 12.1 Å². The van der Waals surface area contributed by atoms with Gasteiger partial charge in [-0.25, -0.2) is 0 Å². The molecule has 0 atom stereocenters. The fourth-order valence-corrected chi connectivity index (χ4v) is 2.09. The highest BCUT2D eigenvalue weighted by Gasteiger charge is 2.16. The highest BCUT2D eigenvalue weighted by Crippen LogP contribution is 2.20. The molecule has 8 heteroatoms. The van der Waals surface area contributed by atoms with Gasteiger partial charge in [0, 0.05) is 10.8 Å². The molecule has 0 fully saturated rings. The van der Waals surface area contributed by atoms with E-state index in [-0.39, 0.29) is 11.2 Å². The van der Waals surface area contributed by atoms with Crippen LogP contribution in [0.25, 0.3) is 21.8 Å². The molecule has 0 aliphatic heterocycles. The lowest BCUT2D eigenvalue weighted by Crippen LogP contribution is -2.33. The molecule has 0 radical (unpaired) electrons. The number of hydrogen-bond donors (Lipinski definition) is 4. The molecule has 1 aromatic carbocycles. The summed E-state index contributed by atoms with van der Waals surface area (Å²) >= 11 is 0. The Morgan fingerprint density at radius 1 is 0.600 bits per heavy atom. The average Bonchev–Trinajstić information content (AvgIpc) is 2.45. The molecule has 2 heterocycles. The number of rotatable bonds is 2. The van der Waals surface area contributed by atoms with Crippen LogP contribution in [-0.2, 0) is 0 Å². The molecular weight excluding hydrogens is 258 g/mol.